The van der Waals surface area contributed by atoms with Crippen LogP contribution in [0.25, 0.3) is 0 Å². The third-order valence-corrected chi connectivity index (χ3v) is 8.02. The Hall–Kier alpha value is -0.910. The number of ketones is 1. The second kappa shape index (κ2) is 22.9. The molecule has 0 bridgehead atoms. The molecule has 5 heteroatoms. The molecule has 1 heterocycles. The molecular weight excluding hydrogens is 474 g/mol. The average Bonchev–Trinajstić information content (AvgIpc) is 2.89. The van der Waals surface area contributed by atoms with Crippen LogP contribution in [0.3, 0.4) is 0 Å². The average molecular weight is 538 g/mol. The Kier molecular flexibility index (Phi) is 21.1. The van der Waals surface area contributed by atoms with E-state index in [2.05, 4.69) is 25.7 Å². The Labute approximate surface area is 235 Å². The maximum absolute atomic E-state index is 12.6. The molecule has 1 aliphatic rings. The minimum absolute atomic E-state index is 0.129. The van der Waals surface area contributed by atoms with Crippen molar-refractivity contribution in [1.29, 1.82) is 0 Å². The molecule has 0 aromatic carbocycles. The number of rotatable bonds is 25. The zero-order valence-electron chi connectivity index (χ0n) is 25.6. The van der Waals surface area contributed by atoms with Crippen LogP contribution in [0.5, 0.6) is 0 Å². The van der Waals surface area contributed by atoms with Gasteiger partial charge in [0.25, 0.3) is 0 Å². The topological polar surface area (TPSA) is 67.8 Å². The molecular formula is C33H63NO4. The van der Waals surface area contributed by atoms with Crippen LogP contribution in [0.4, 0.5) is 0 Å². The van der Waals surface area contributed by atoms with Crippen molar-refractivity contribution < 1.29 is 19.4 Å². The van der Waals surface area contributed by atoms with Crippen LogP contribution >= 0.6 is 0 Å². The highest BCUT2D eigenvalue weighted by Crippen LogP contribution is 2.26. The van der Waals surface area contributed by atoms with Gasteiger partial charge >= 0.3 is 0 Å². The van der Waals surface area contributed by atoms with Crippen molar-refractivity contribution >= 4 is 5.78 Å². The van der Waals surface area contributed by atoms with E-state index in [-0.39, 0.29) is 30.1 Å². The van der Waals surface area contributed by atoms with Crippen LogP contribution in [-0.4, -0.2) is 48.0 Å². The van der Waals surface area contributed by atoms with Crippen LogP contribution in [-0.2, 0) is 14.3 Å². The van der Waals surface area contributed by atoms with Crippen molar-refractivity contribution in [2.45, 2.75) is 187 Å². The van der Waals surface area contributed by atoms with Gasteiger partial charge in [-0.1, -0.05) is 124 Å². The fraction of sp³-hybridized carbons (Fsp3) is 0.909. The number of ether oxygens (including phenoxy) is 2. The van der Waals surface area contributed by atoms with Crippen molar-refractivity contribution in [2.24, 2.45) is 0 Å². The van der Waals surface area contributed by atoms with Crippen molar-refractivity contribution in [1.82, 2.24) is 5.32 Å². The van der Waals surface area contributed by atoms with Crippen LogP contribution in [0.2, 0.25) is 0 Å². The summed E-state index contributed by atoms with van der Waals surface area (Å²) >= 11 is 0. The summed E-state index contributed by atoms with van der Waals surface area (Å²) in [6.45, 7) is 13.3. The molecule has 0 saturated carbocycles. The maximum Gasteiger partial charge on any atom is 0.138 e. The summed E-state index contributed by atoms with van der Waals surface area (Å²) < 4.78 is 12.4. The molecule has 1 rings (SSSR count). The van der Waals surface area contributed by atoms with Gasteiger partial charge in [-0.25, -0.2) is 0 Å². The molecule has 0 radical (unpaired) electrons. The first-order chi connectivity index (χ1) is 18.4. The molecule has 0 aromatic rings. The molecule has 0 amide bonds. The molecule has 224 valence electrons. The second-order valence-corrected chi connectivity index (χ2v) is 11.7. The van der Waals surface area contributed by atoms with Gasteiger partial charge in [-0.15, -0.1) is 0 Å². The number of aliphatic hydroxyl groups excluding tert-OH is 1. The summed E-state index contributed by atoms with van der Waals surface area (Å²) in [7, 11) is 0. The lowest BCUT2D eigenvalue weighted by Crippen LogP contribution is -2.62. The number of carbonyl (C=O) groups excluding carboxylic acids is 1. The van der Waals surface area contributed by atoms with Gasteiger partial charge in [0.15, 0.2) is 0 Å². The number of nitrogens with one attached hydrogen (secondary N) is 1. The van der Waals surface area contributed by atoms with E-state index in [4.69, 9.17) is 9.47 Å². The van der Waals surface area contributed by atoms with Crippen molar-refractivity contribution in [3.05, 3.63) is 12.3 Å². The second-order valence-electron chi connectivity index (χ2n) is 11.7. The summed E-state index contributed by atoms with van der Waals surface area (Å²) in [6.07, 6.45) is 21.6. The van der Waals surface area contributed by atoms with E-state index in [1.165, 1.54) is 83.5 Å². The fourth-order valence-electron chi connectivity index (χ4n) is 5.57. The van der Waals surface area contributed by atoms with E-state index in [1.807, 2.05) is 13.8 Å². The van der Waals surface area contributed by atoms with Gasteiger partial charge < -0.3 is 19.9 Å². The van der Waals surface area contributed by atoms with E-state index in [0.29, 0.717) is 25.1 Å². The number of unbranched alkanes of at least 4 members (excludes halogenated alkanes) is 15. The first kappa shape index (κ1) is 35.1. The van der Waals surface area contributed by atoms with Gasteiger partial charge in [0, 0.05) is 25.1 Å². The number of carbonyl (C=O) groups is 1. The molecule has 0 aliphatic carbocycles. The number of hydrogen-bond acceptors (Lipinski definition) is 5. The molecule has 0 spiro atoms. The first-order valence-corrected chi connectivity index (χ1v) is 16.4. The summed E-state index contributed by atoms with van der Waals surface area (Å²) in [4.78, 5) is 12.6. The molecule has 0 unspecified atom stereocenters. The number of hydrogen-bond donors (Lipinski definition) is 2. The standard InChI is InChI=1S/C33H63NO4/c1-6-9-11-13-15-17-18-20-22-24-29(35)26-27(4)34-31-28(5)38-30(8-3)32(36)33(31)37-25-23-21-19-16-14-12-10-7-2/h28,30-34,36H,4,6-26H2,1-3,5H3/t28-,30-,31+,32-,33-/m1/s1. The Balaban J connectivity index is 2.37. The van der Waals surface area contributed by atoms with Gasteiger partial charge in [-0.2, -0.15) is 0 Å². The van der Waals surface area contributed by atoms with E-state index >= 15 is 0 Å². The van der Waals surface area contributed by atoms with Crippen molar-refractivity contribution in [3.8, 4) is 0 Å². The SMILES string of the molecule is C=C(CC(=O)CCCCCCCCCCC)N[C@@H]1[C@@H](OCCCCCCCCCC)[C@H](O)[C@@H](CC)O[C@@H]1C. The first-order valence-electron chi connectivity index (χ1n) is 16.4. The minimum Gasteiger partial charge on any atom is -0.388 e. The zero-order valence-corrected chi connectivity index (χ0v) is 25.6. The lowest BCUT2D eigenvalue weighted by molar-refractivity contribution is -0.194. The van der Waals surface area contributed by atoms with Gasteiger partial charge in [0.1, 0.15) is 18.0 Å². The molecule has 0 aromatic heterocycles. The quantitative estimate of drug-likeness (QED) is 0.114. The zero-order chi connectivity index (χ0) is 28.0. The summed E-state index contributed by atoms with van der Waals surface area (Å²) in [6, 6.07) is -0.213. The van der Waals surface area contributed by atoms with Gasteiger partial charge in [0.05, 0.1) is 18.2 Å². The predicted octanol–water partition coefficient (Wildman–Crippen LogP) is 8.42. The maximum atomic E-state index is 12.6. The Morgan fingerprint density at radius 2 is 1.32 bits per heavy atom. The van der Waals surface area contributed by atoms with Crippen LogP contribution < -0.4 is 5.32 Å². The molecule has 38 heavy (non-hydrogen) atoms. The minimum atomic E-state index is -0.687. The van der Waals surface area contributed by atoms with E-state index < -0.39 is 6.10 Å². The third-order valence-electron chi connectivity index (χ3n) is 8.02. The van der Waals surface area contributed by atoms with Crippen LogP contribution in [0.1, 0.15) is 156 Å². The fourth-order valence-corrected chi connectivity index (χ4v) is 5.57. The highest BCUT2D eigenvalue weighted by atomic mass is 16.5. The van der Waals surface area contributed by atoms with Crippen LogP contribution in [0.15, 0.2) is 12.3 Å². The van der Waals surface area contributed by atoms with Gasteiger partial charge in [-0.05, 0) is 26.2 Å². The Bertz CT molecular complexity index is 596. The number of aliphatic hydroxyl groups is 1. The molecule has 5 atom stereocenters. The van der Waals surface area contributed by atoms with Gasteiger partial charge in [-0.3, -0.25) is 4.79 Å². The summed E-state index contributed by atoms with van der Waals surface area (Å²) in [5, 5.41) is 14.4. The summed E-state index contributed by atoms with van der Waals surface area (Å²) in [5.41, 5.74) is 0.703. The van der Waals surface area contributed by atoms with E-state index in [0.717, 1.165) is 32.1 Å². The van der Waals surface area contributed by atoms with Crippen LogP contribution in [0, 0.1) is 0 Å². The Morgan fingerprint density at radius 1 is 0.816 bits per heavy atom. The molecule has 2 N–H and O–H groups in total. The normalized spacial score (nSPS) is 23.4. The number of allylic oxidation sites excluding steroid dienone is 1. The molecule has 1 fully saturated rings. The number of Topliss-reactive ketones (excluding diaryl/α,β-unsaturated/α-hetero) is 1. The predicted molar refractivity (Wildman–Crippen MR) is 161 cm³/mol. The molecule has 1 aliphatic heterocycles. The monoisotopic (exact) mass is 537 g/mol. The van der Waals surface area contributed by atoms with E-state index in [1.54, 1.807) is 0 Å². The summed E-state index contributed by atoms with van der Waals surface area (Å²) in [5.74, 6) is 0.234. The smallest absolute Gasteiger partial charge is 0.138 e. The lowest BCUT2D eigenvalue weighted by Gasteiger charge is -2.44. The largest absolute Gasteiger partial charge is 0.388 e. The highest BCUT2D eigenvalue weighted by Gasteiger charge is 2.43. The van der Waals surface area contributed by atoms with Gasteiger partial charge in [0.2, 0.25) is 0 Å². The lowest BCUT2D eigenvalue weighted by atomic mass is 9.91. The van der Waals surface area contributed by atoms with E-state index in [9.17, 15) is 9.90 Å². The highest BCUT2D eigenvalue weighted by molar-refractivity contribution is 5.80. The van der Waals surface area contributed by atoms with Crippen molar-refractivity contribution in [3.63, 3.8) is 0 Å². The molecule has 5 nitrogen and oxygen atoms in total. The third kappa shape index (κ3) is 15.6. The Morgan fingerprint density at radius 3 is 1.84 bits per heavy atom. The van der Waals surface area contributed by atoms with Crippen molar-refractivity contribution in [2.75, 3.05) is 6.61 Å². The molecule has 1 saturated heterocycles.